The lowest BCUT2D eigenvalue weighted by Gasteiger charge is -2.12. The third-order valence-electron chi connectivity index (χ3n) is 2.58. The van der Waals surface area contributed by atoms with Crippen molar-refractivity contribution in [2.75, 3.05) is 11.9 Å². The first-order chi connectivity index (χ1) is 9.10. The molecule has 0 amide bonds. The van der Waals surface area contributed by atoms with Crippen molar-refractivity contribution in [1.82, 2.24) is 15.8 Å². The molecule has 2 rings (SSSR count). The van der Waals surface area contributed by atoms with Gasteiger partial charge in [0.1, 0.15) is 11.4 Å². The predicted octanol–water partition coefficient (Wildman–Crippen LogP) is 1.24. The van der Waals surface area contributed by atoms with E-state index in [2.05, 4.69) is 21.2 Å². The molecule has 1 fully saturated rings. The summed E-state index contributed by atoms with van der Waals surface area (Å²) in [5, 5.41) is 14.0. The van der Waals surface area contributed by atoms with Crippen molar-refractivity contribution in [2.24, 2.45) is 0 Å². The molecule has 8 nitrogen and oxygen atoms in total. The second-order valence-corrected chi connectivity index (χ2v) is 4.31. The van der Waals surface area contributed by atoms with Crippen LogP contribution in [0.15, 0.2) is 12.1 Å². The Morgan fingerprint density at radius 1 is 1.63 bits per heavy atom. The number of ether oxygens (including phenoxy) is 1. The standard InChI is InChI=1S/C10H14ClN5O3/c1-2-19-9-5-8(14-15-9)13-10-6(16(17)18)3-4-7(11)12-10/h3-4,8-9,14-15H,2,5H2,1H3,(H,12,13). The molecule has 0 spiro atoms. The number of hydrazine groups is 1. The number of anilines is 1. The molecule has 104 valence electrons. The molecule has 19 heavy (non-hydrogen) atoms. The number of nitrogens with zero attached hydrogens (tertiary/aromatic N) is 2. The zero-order valence-corrected chi connectivity index (χ0v) is 11.0. The highest BCUT2D eigenvalue weighted by atomic mass is 35.5. The van der Waals surface area contributed by atoms with Crippen LogP contribution < -0.4 is 16.2 Å². The van der Waals surface area contributed by atoms with E-state index in [1.54, 1.807) is 0 Å². The molecule has 0 radical (unpaired) electrons. The summed E-state index contributed by atoms with van der Waals surface area (Å²) in [6.45, 7) is 2.48. The Balaban J connectivity index is 2.07. The van der Waals surface area contributed by atoms with E-state index < -0.39 is 4.92 Å². The largest absolute Gasteiger partial charge is 0.362 e. The molecule has 1 saturated heterocycles. The van der Waals surface area contributed by atoms with Crippen LogP contribution in [0.5, 0.6) is 0 Å². The number of halogens is 1. The van der Waals surface area contributed by atoms with Crippen LogP contribution in [0.2, 0.25) is 5.15 Å². The van der Waals surface area contributed by atoms with Gasteiger partial charge in [0.2, 0.25) is 5.82 Å². The minimum atomic E-state index is -0.506. The van der Waals surface area contributed by atoms with Crippen molar-refractivity contribution in [2.45, 2.75) is 25.7 Å². The highest BCUT2D eigenvalue weighted by Crippen LogP contribution is 2.25. The summed E-state index contributed by atoms with van der Waals surface area (Å²) in [6.07, 6.45) is 0.251. The fraction of sp³-hybridized carbons (Fsp3) is 0.500. The van der Waals surface area contributed by atoms with Crippen LogP contribution in [0.3, 0.4) is 0 Å². The molecular formula is C10H14ClN5O3. The second kappa shape index (κ2) is 6.11. The Morgan fingerprint density at radius 2 is 2.42 bits per heavy atom. The molecule has 0 bridgehead atoms. The number of aromatic nitrogens is 1. The molecule has 1 aromatic rings. The maximum absolute atomic E-state index is 10.9. The summed E-state index contributed by atoms with van der Waals surface area (Å²) in [7, 11) is 0. The first kappa shape index (κ1) is 13.9. The zero-order valence-electron chi connectivity index (χ0n) is 10.2. The fourth-order valence-electron chi connectivity index (χ4n) is 1.78. The number of hydrogen-bond donors (Lipinski definition) is 3. The van der Waals surface area contributed by atoms with Gasteiger partial charge in [-0.05, 0) is 13.0 Å². The van der Waals surface area contributed by atoms with Gasteiger partial charge in [0.05, 0.1) is 11.1 Å². The number of rotatable bonds is 5. The maximum atomic E-state index is 10.9. The summed E-state index contributed by atoms with van der Waals surface area (Å²) >= 11 is 5.75. The summed E-state index contributed by atoms with van der Waals surface area (Å²) in [5.41, 5.74) is 5.74. The van der Waals surface area contributed by atoms with E-state index in [0.29, 0.717) is 13.0 Å². The number of nitrogens with one attached hydrogen (secondary N) is 3. The van der Waals surface area contributed by atoms with Crippen molar-refractivity contribution in [3.63, 3.8) is 0 Å². The van der Waals surface area contributed by atoms with Crippen LogP contribution in [0.1, 0.15) is 13.3 Å². The highest BCUT2D eigenvalue weighted by Gasteiger charge is 2.26. The molecule has 1 aromatic heterocycles. The molecule has 9 heteroatoms. The van der Waals surface area contributed by atoms with E-state index in [4.69, 9.17) is 16.3 Å². The Hall–Kier alpha value is -1.48. The van der Waals surface area contributed by atoms with E-state index in [0.717, 1.165) is 0 Å². The third-order valence-corrected chi connectivity index (χ3v) is 2.79. The van der Waals surface area contributed by atoms with E-state index in [1.165, 1.54) is 12.1 Å². The van der Waals surface area contributed by atoms with Gasteiger partial charge in [-0.3, -0.25) is 10.1 Å². The smallest absolute Gasteiger partial charge is 0.311 e. The van der Waals surface area contributed by atoms with Gasteiger partial charge in [0.15, 0.2) is 0 Å². The second-order valence-electron chi connectivity index (χ2n) is 3.92. The normalized spacial score (nSPS) is 22.4. The highest BCUT2D eigenvalue weighted by molar-refractivity contribution is 6.29. The Labute approximate surface area is 114 Å². The summed E-state index contributed by atoms with van der Waals surface area (Å²) in [6, 6.07) is 2.70. The molecule has 1 aliphatic heterocycles. The van der Waals surface area contributed by atoms with Gasteiger partial charge in [-0.1, -0.05) is 11.6 Å². The Kier molecular flexibility index (Phi) is 4.48. The van der Waals surface area contributed by atoms with Crippen molar-refractivity contribution in [3.8, 4) is 0 Å². The number of nitro groups is 1. The predicted molar refractivity (Wildman–Crippen MR) is 69.6 cm³/mol. The first-order valence-electron chi connectivity index (χ1n) is 5.80. The SMILES string of the molecule is CCOC1CC(Nc2nc(Cl)ccc2[N+](=O)[O-])NN1. The molecule has 2 unspecified atom stereocenters. The molecular weight excluding hydrogens is 274 g/mol. The van der Waals surface area contributed by atoms with Gasteiger partial charge in [0, 0.05) is 19.1 Å². The monoisotopic (exact) mass is 287 g/mol. The molecule has 1 aliphatic rings. The molecule has 2 heterocycles. The summed E-state index contributed by atoms with van der Waals surface area (Å²) < 4.78 is 5.38. The maximum Gasteiger partial charge on any atom is 0.311 e. The van der Waals surface area contributed by atoms with Crippen LogP contribution >= 0.6 is 11.6 Å². The molecule has 0 saturated carbocycles. The third kappa shape index (κ3) is 3.51. The lowest BCUT2D eigenvalue weighted by Crippen LogP contribution is -2.37. The number of pyridine rings is 1. The van der Waals surface area contributed by atoms with Gasteiger partial charge in [0.25, 0.3) is 0 Å². The van der Waals surface area contributed by atoms with Gasteiger partial charge in [-0.15, -0.1) is 0 Å². The lowest BCUT2D eigenvalue weighted by molar-refractivity contribution is -0.384. The summed E-state index contributed by atoms with van der Waals surface area (Å²) in [4.78, 5) is 14.3. The van der Waals surface area contributed by atoms with Gasteiger partial charge in [-0.2, -0.15) is 0 Å². The van der Waals surface area contributed by atoms with Crippen molar-refractivity contribution < 1.29 is 9.66 Å². The van der Waals surface area contributed by atoms with Crippen molar-refractivity contribution in [1.29, 1.82) is 0 Å². The average Bonchev–Trinajstić information content (AvgIpc) is 2.77. The first-order valence-corrected chi connectivity index (χ1v) is 6.18. The van der Waals surface area contributed by atoms with Crippen LogP contribution in [0.25, 0.3) is 0 Å². The molecule has 3 N–H and O–H groups in total. The van der Waals surface area contributed by atoms with E-state index in [9.17, 15) is 10.1 Å². The molecule has 2 atom stereocenters. The van der Waals surface area contributed by atoms with Crippen molar-refractivity contribution in [3.05, 3.63) is 27.4 Å². The van der Waals surface area contributed by atoms with E-state index >= 15 is 0 Å². The van der Waals surface area contributed by atoms with Crippen molar-refractivity contribution >= 4 is 23.1 Å². The van der Waals surface area contributed by atoms with Crippen LogP contribution in [-0.4, -0.2) is 28.9 Å². The Bertz CT molecular complexity index is 472. The topological polar surface area (TPSA) is 101 Å². The van der Waals surface area contributed by atoms with Gasteiger partial charge >= 0.3 is 5.69 Å². The van der Waals surface area contributed by atoms with Crippen LogP contribution in [0.4, 0.5) is 11.5 Å². The van der Waals surface area contributed by atoms with E-state index in [-0.39, 0.29) is 29.1 Å². The fourth-order valence-corrected chi connectivity index (χ4v) is 1.93. The molecule has 0 aliphatic carbocycles. The van der Waals surface area contributed by atoms with Gasteiger partial charge in [-0.25, -0.2) is 15.8 Å². The summed E-state index contributed by atoms with van der Waals surface area (Å²) in [5.74, 6) is 0.133. The van der Waals surface area contributed by atoms with E-state index in [1.807, 2.05) is 6.92 Å². The number of hydrogen-bond acceptors (Lipinski definition) is 7. The minimum Gasteiger partial charge on any atom is -0.362 e. The van der Waals surface area contributed by atoms with Crippen LogP contribution in [-0.2, 0) is 4.74 Å². The van der Waals surface area contributed by atoms with Crippen LogP contribution in [0, 0.1) is 10.1 Å². The minimum absolute atomic E-state index is 0.119. The molecule has 0 aromatic carbocycles. The Morgan fingerprint density at radius 3 is 3.11 bits per heavy atom. The lowest BCUT2D eigenvalue weighted by atomic mass is 10.3. The quantitative estimate of drug-likeness (QED) is 0.425. The zero-order chi connectivity index (χ0) is 13.8. The van der Waals surface area contributed by atoms with Gasteiger partial charge < -0.3 is 10.1 Å². The average molecular weight is 288 g/mol.